The van der Waals surface area contributed by atoms with Gasteiger partial charge in [0.1, 0.15) is 0 Å². The fraction of sp³-hybridized carbons (Fsp3) is 0.529. The van der Waals surface area contributed by atoms with Gasteiger partial charge in [0.05, 0.1) is 6.42 Å². The van der Waals surface area contributed by atoms with Gasteiger partial charge in [0, 0.05) is 17.0 Å². The maximum Gasteiger partial charge on any atom is 0.303 e. The van der Waals surface area contributed by atoms with Crippen molar-refractivity contribution < 1.29 is 14.7 Å². The smallest absolute Gasteiger partial charge is 0.303 e. The summed E-state index contributed by atoms with van der Waals surface area (Å²) in [6.45, 7) is 1.88. The molecule has 0 radical (unpaired) electrons. The first-order valence-corrected chi connectivity index (χ1v) is 7.81. The van der Waals surface area contributed by atoms with E-state index in [4.69, 9.17) is 11.6 Å². The van der Waals surface area contributed by atoms with Crippen LogP contribution >= 0.6 is 11.6 Å². The van der Waals surface area contributed by atoms with Crippen LogP contribution in [0.25, 0.3) is 0 Å². The number of benzene rings is 1. The lowest BCUT2D eigenvalue weighted by molar-refractivity contribution is -0.140. The molecular weight excluding hydrogens is 288 g/mol. The van der Waals surface area contributed by atoms with E-state index >= 15 is 0 Å². The Morgan fingerprint density at radius 3 is 2.48 bits per heavy atom. The van der Waals surface area contributed by atoms with Gasteiger partial charge in [0.15, 0.2) is 5.78 Å². The van der Waals surface area contributed by atoms with Crippen molar-refractivity contribution in [3.05, 3.63) is 34.3 Å². The Morgan fingerprint density at radius 1 is 1.19 bits per heavy atom. The van der Waals surface area contributed by atoms with Gasteiger partial charge in [0.2, 0.25) is 0 Å². The van der Waals surface area contributed by atoms with Crippen molar-refractivity contribution >= 4 is 23.4 Å². The van der Waals surface area contributed by atoms with Crippen LogP contribution in [0.3, 0.4) is 0 Å². The van der Waals surface area contributed by atoms with Crippen LogP contribution < -0.4 is 0 Å². The van der Waals surface area contributed by atoms with Gasteiger partial charge in [-0.3, -0.25) is 9.59 Å². The van der Waals surface area contributed by atoms with E-state index in [1.807, 2.05) is 13.0 Å². The molecule has 0 spiro atoms. The van der Waals surface area contributed by atoms with E-state index in [1.165, 1.54) is 0 Å². The molecule has 0 unspecified atom stereocenters. The topological polar surface area (TPSA) is 54.4 Å². The summed E-state index contributed by atoms with van der Waals surface area (Å²) in [6.07, 6.45) is 5.18. The minimum Gasteiger partial charge on any atom is -0.481 e. The van der Waals surface area contributed by atoms with Crippen LogP contribution in [0.1, 0.15) is 60.9 Å². The molecule has 0 heterocycles. The summed E-state index contributed by atoms with van der Waals surface area (Å²) < 4.78 is 0. The molecule has 1 aliphatic rings. The summed E-state index contributed by atoms with van der Waals surface area (Å²) in [5.74, 6) is -0.800. The summed E-state index contributed by atoms with van der Waals surface area (Å²) in [4.78, 5) is 23.8. The number of hydrogen-bond acceptors (Lipinski definition) is 2. The molecule has 4 heteroatoms. The van der Waals surface area contributed by atoms with Gasteiger partial charge in [-0.1, -0.05) is 36.9 Å². The lowest BCUT2D eigenvalue weighted by atomic mass is 9.68. The zero-order valence-corrected chi connectivity index (χ0v) is 13.1. The Bertz CT molecular complexity index is 545. The Hall–Kier alpha value is -1.35. The van der Waals surface area contributed by atoms with Crippen molar-refractivity contribution in [3.63, 3.8) is 0 Å². The molecule has 1 aromatic carbocycles. The molecule has 2 rings (SSSR count). The second kappa shape index (κ2) is 6.61. The van der Waals surface area contributed by atoms with Crippen molar-refractivity contribution in [3.8, 4) is 0 Å². The van der Waals surface area contributed by atoms with Crippen molar-refractivity contribution in [1.29, 1.82) is 0 Å². The van der Waals surface area contributed by atoms with E-state index in [0.29, 0.717) is 17.0 Å². The molecule has 0 aromatic heterocycles. The minimum absolute atomic E-state index is 0.0122. The first-order valence-electron chi connectivity index (χ1n) is 7.43. The van der Waals surface area contributed by atoms with E-state index in [9.17, 15) is 14.7 Å². The highest BCUT2D eigenvalue weighted by molar-refractivity contribution is 6.31. The fourth-order valence-corrected chi connectivity index (χ4v) is 3.54. The molecule has 1 fully saturated rings. The first-order chi connectivity index (χ1) is 9.92. The van der Waals surface area contributed by atoms with Crippen molar-refractivity contribution in [2.75, 3.05) is 0 Å². The van der Waals surface area contributed by atoms with Gasteiger partial charge in [-0.05, 0) is 42.9 Å². The Kier molecular flexibility index (Phi) is 5.04. The summed E-state index contributed by atoms with van der Waals surface area (Å²) in [7, 11) is 0. The molecule has 0 aliphatic heterocycles. The molecule has 1 saturated carbocycles. The van der Waals surface area contributed by atoms with Gasteiger partial charge in [-0.15, -0.1) is 0 Å². The van der Waals surface area contributed by atoms with Crippen LogP contribution in [0.15, 0.2) is 18.2 Å². The molecule has 0 bridgehead atoms. The summed E-state index contributed by atoms with van der Waals surface area (Å²) >= 11 is 5.98. The van der Waals surface area contributed by atoms with E-state index in [-0.39, 0.29) is 17.6 Å². The Balaban J connectivity index is 2.21. The monoisotopic (exact) mass is 308 g/mol. The second-order valence-electron chi connectivity index (χ2n) is 6.19. The standard InChI is InChI=1S/C17H21ClO3/c1-12-5-6-13(18)9-14(12)15(19)10-17(11-16(20)21)7-3-2-4-8-17/h5-6,9H,2-4,7-8,10-11H2,1H3,(H,20,21). The predicted octanol–water partition coefficient (Wildman–Crippen LogP) is 4.65. The number of hydrogen-bond donors (Lipinski definition) is 1. The lowest BCUT2D eigenvalue weighted by Gasteiger charge is -2.35. The zero-order valence-electron chi connectivity index (χ0n) is 12.3. The summed E-state index contributed by atoms with van der Waals surface area (Å²) in [6, 6.07) is 5.29. The van der Waals surface area contributed by atoms with E-state index in [2.05, 4.69) is 0 Å². The summed E-state index contributed by atoms with van der Waals surface area (Å²) in [5, 5.41) is 9.72. The van der Waals surface area contributed by atoms with Crippen molar-refractivity contribution in [2.45, 2.75) is 51.9 Å². The second-order valence-corrected chi connectivity index (χ2v) is 6.63. The highest BCUT2D eigenvalue weighted by Crippen LogP contribution is 2.43. The third-order valence-corrected chi connectivity index (χ3v) is 4.71. The Morgan fingerprint density at radius 2 is 1.86 bits per heavy atom. The van der Waals surface area contributed by atoms with Crippen LogP contribution in [0.2, 0.25) is 5.02 Å². The molecule has 0 saturated heterocycles. The molecule has 21 heavy (non-hydrogen) atoms. The lowest BCUT2D eigenvalue weighted by Crippen LogP contribution is -2.30. The first kappa shape index (κ1) is 16.0. The maximum absolute atomic E-state index is 12.6. The van der Waals surface area contributed by atoms with Gasteiger partial charge < -0.3 is 5.11 Å². The number of ketones is 1. The van der Waals surface area contributed by atoms with E-state index in [0.717, 1.165) is 37.7 Å². The van der Waals surface area contributed by atoms with Crippen LogP contribution in [0.4, 0.5) is 0 Å². The highest BCUT2D eigenvalue weighted by Gasteiger charge is 2.36. The summed E-state index contributed by atoms with van der Waals surface area (Å²) in [5.41, 5.74) is 1.14. The zero-order chi connectivity index (χ0) is 15.5. The largest absolute Gasteiger partial charge is 0.481 e. The van der Waals surface area contributed by atoms with Crippen LogP contribution in [0, 0.1) is 12.3 Å². The van der Waals surface area contributed by atoms with E-state index in [1.54, 1.807) is 12.1 Å². The van der Waals surface area contributed by atoms with Gasteiger partial charge in [-0.2, -0.15) is 0 Å². The van der Waals surface area contributed by atoms with Crippen LogP contribution in [-0.2, 0) is 4.79 Å². The number of carboxylic acids is 1. The average molecular weight is 309 g/mol. The SMILES string of the molecule is Cc1ccc(Cl)cc1C(=O)CC1(CC(=O)O)CCCCC1. The average Bonchev–Trinajstić information content (AvgIpc) is 2.41. The Labute approximate surface area is 130 Å². The van der Waals surface area contributed by atoms with Crippen molar-refractivity contribution in [2.24, 2.45) is 5.41 Å². The number of carbonyl (C=O) groups is 2. The van der Waals surface area contributed by atoms with Crippen molar-refractivity contribution in [1.82, 2.24) is 0 Å². The molecular formula is C17H21ClO3. The number of aliphatic carboxylic acids is 1. The van der Waals surface area contributed by atoms with Crippen LogP contribution in [0.5, 0.6) is 0 Å². The molecule has 1 N–H and O–H groups in total. The molecule has 1 aliphatic carbocycles. The number of carbonyl (C=O) groups excluding carboxylic acids is 1. The molecule has 1 aromatic rings. The number of aryl methyl sites for hydroxylation is 1. The number of halogens is 1. The third-order valence-electron chi connectivity index (χ3n) is 4.48. The molecule has 0 amide bonds. The number of carboxylic acid groups (broad SMARTS) is 1. The highest BCUT2D eigenvalue weighted by atomic mass is 35.5. The molecule has 0 atom stereocenters. The maximum atomic E-state index is 12.6. The van der Waals surface area contributed by atoms with Crippen LogP contribution in [-0.4, -0.2) is 16.9 Å². The fourth-order valence-electron chi connectivity index (χ4n) is 3.37. The normalized spacial score (nSPS) is 17.4. The molecule has 3 nitrogen and oxygen atoms in total. The molecule has 114 valence electrons. The minimum atomic E-state index is -0.812. The predicted molar refractivity (Wildman–Crippen MR) is 82.9 cm³/mol. The third kappa shape index (κ3) is 4.07. The number of rotatable bonds is 5. The van der Waals surface area contributed by atoms with E-state index < -0.39 is 5.97 Å². The van der Waals surface area contributed by atoms with Gasteiger partial charge in [0.25, 0.3) is 0 Å². The quantitative estimate of drug-likeness (QED) is 0.806. The van der Waals surface area contributed by atoms with Gasteiger partial charge >= 0.3 is 5.97 Å². The number of Topliss-reactive ketones (excluding diaryl/α,β-unsaturated/α-hetero) is 1. The van der Waals surface area contributed by atoms with Gasteiger partial charge in [-0.25, -0.2) is 0 Å².